The summed E-state index contributed by atoms with van der Waals surface area (Å²) < 4.78 is 0. The van der Waals surface area contributed by atoms with Crippen LogP contribution in [-0.4, -0.2) is 18.6 Å². The van der Waals surface area contributed by atoms with Gasteiger partial charge in [0.25, 0.3) is 0 Å². The topological polar surface area (TPSA) is 41.1 Å². The highest BCUT2D eigenvalue weighted by atomic mass is 16.2. The molecule has 1 atom stereocenters. The molecule has 1 heterocycles. The molecular formula is C6H12N2O. The summed E-state index contributed by atoms with van der Waals surface area (Å²) in [5, 5.41) is 5.50. The van der Waals surface area contributed by atoms with Crippen molar-refractivity contribution >= 4 is 6.03 Å². The minimum absolute atomic E-state index is 0.0336. The zero-order valence-electron chi connectivity index (χ0n) is 5.77. The molecule has 0 aromatic heterocycles. The lowest BCUT2D eigenvalue weighted by Crippen LogP contribution is -2.30. The minimum atomic E-state index is -0.0336. The molecule has 52 valence electrons. The van der Waals surface area contributed by atoms with E-state index in [1.807, 2.05) is 0 Å². The molecule has 0 saturated carbocycles. The molecular weight excluding hydrogens is 116 g/mol. The van der Waals surface area contributed by atoms with E-state index < -0.39 is 0 Å². The second-order valence-corrected chi connectivity index (χ2v) is 2.70. The van der Waals surface area contributed by atoms with Crippen LogP contribution in [0.4, 0.5) is 4.79 Å². The Hall–Kier alpha value is -0.730. The van der Waals surface area contributed by atoms with E-state index >= 15 is 0 Å². The highest BCUT2D eigenvalue weighted by molar-refractivity contribution is 5.76. The Labute approximate surface area is 54.8 Å². The third kappa shape index (κ3) is 1.34. The Morgan fingerprint density at radius 1 is 1.67 bits per heavy atom. The van der Waals surface area contributed by atoms with E-state index in [-0.39, 0.29) is 6.03 Å². The Morgan fingerprint density at radius 2 is 2.33 bits per heavy atom. The molecule has 1 aliphatic heterocycles. The fourth-order valence-electron chi connectivity index (χ4n) is 0.875. The molecule has 1 rings (SSSR count). The van der Waals surface area contributed by atoms with Gasteiger partial charge in [0.05, 0.1) is 6.04 Å². The zero-order valence-corrected chi connectivity index (χ0v) is 5.77. The number of urea groups is 1. The van der Waals surface area contributed by atoms with Crippen LogP contribution in [0.3, 0.4) is 0 Å². The fraction of sp³-hybridized carbons (Fsp3) is 0.833. The average molecular weight is 128 g/mol. The van der Waals surface area contributed by atoms with Crippen LogP contribution in [-0.2, 0) is 0 Å². The minimum Gasteiger partial charge on any atom is -0.336 e. The summed E-state index contributed by atoms with van der Waals surface area (Å²) in [7, 11) is 0. The maximum Gasteiger partial charge on any atom is 0.315 e. The van der Waals surface area contributed by atoms with Gasteiger partial charge in [0.15, 0.2) is 0 Å². The lowest BCUT2D eigenvalue weighted by Gasteiger charge is -2.10. The number of hydrogen-bond acceptors (Lipinski definition) is 1. The van der Waals surface area contributed by atoms with Crippen molar-refractivity contribution in [3.8, 4) is 0 Å². The zero-order chi connectivity index (χ0) is 6.85. The summed E-state index contributed by atoms with van der Waals surface area (Å²) in [4.78, 5) is 10.5. The SMILES string of the molecule is CC(C)[C@@H]1CNC(=O)N1. The van der Waals surface area contributed by atoms with Gasteiger partial charge in [-0.25, -0.2) is 4.79 Å². The van der Waals surface area contributed by atoms with E-state index in [0.717, 1.165) is 6.54 Å². The Bertz CT molecular complexity index is 122. The number of rotatable bonds is 1. The molecule has 0 radical (unpaired) electrons. The van der Waals surface area contributed by atoms with E-state index in [1.54, 1.807) is 0 Å². The molecule has 0 bridgehead atoms. The van der Waals surface area contributed by atoms with Gasteiger partial charge in [0.2, 0.25) is 0 Å². The molecule has 3 nitrogen and oxygen atoms in total. The highest BCUT2D eigenvalue weighted by Crippen LogP contribution is 2.02. The van der Waals surface area contributed by atoms with Crippen molar-refractivity contribution in [2.75, 3.05) is 6.54 Å². The predicted octanol–water partition coefficient (Wildman–Crippen LogP) is 0.324. The molecule has 0 spiro atoms. The molecule has 0 aromatic rings. The van der Waals surface area contributed by atoms with E-state index in [9.17, 15) is 4.79 Å². The van der Waals surface area contributed by atoms with Crippen molar-refractivity contribution in [3.63, 3.8) is 0 Å². The van der Waals surface area contributed by atoms with Crippen molar-refractivity contribution in [2.45, 2.75) is 19.9 Å². The normalized spacial score (nSPS) is 26.1. The van der Waals surface area contributed by atoms with Gasteiger partial charge in [-0.05, 0) is 5.92 Å². The van der Waals surface area contributed by atoms with Gasteiger partial charge in [-0.2, -0.15) is 0 Å². The van der Waals surface area contributed by atoms with Crippen LogP contribution in [0.2, 0.25) is 0 Å². The number of carbonyl (C=O) groups excluding carboxylic acids is 1. The summed E-state index contributed by atoms with van der Waals surface area (Å²) in [6.07, 6.45) is 0. The fourth-order valence-corrected chi connectivity index (χ4v) is 0.875. The number of nitrogens with one attached hydrogen (secondary N) is 2. The molecule has 1 aliphatic rings. The first kappa shape index (κ1) is 6.39. The lowest BCUT2D eigenvalue weighted by molar-refractivity contribution is 0.246. The second-order valence-electron chi connectivity index (χ2n) is 2.70. The largest absolute Gasteiger partial charge is 0.336 e. The molecule has 0 aromatic carbocycles. The molecule has 9 heavy (non-hydrogen) atoms. The molecule has 2 amide bonds. The third-order valence-electron chi connectivity index (χ3n) is 1.60. The van der Waals surface area contributed by atoms with Crippen LogP contribution >= 0.6 is 0 Å². The summed E-state index contributed by atoms with van der Waals surface area (Å²) in [5.41, 5.74) is 0. The highest BCUT2D eigenvalue weighted by Gasteiger charge is 2.21. The van der Waals surface area contributed by atoms with E-state index in [4.69, 9.17) is 0 Å². The molecule has 3 heteroatoms. The van der Waals surface area contributed by atoms with Gasteiger partial charge in [-0.3, -0.25) is 0 Å². The summed E-state index contributed by atoms with van der Waals surface area (Å²) in [6, 6.07) is 0.297. The van der Waals surface area contributed by atoms with Crippen LogP contribution in [0.1, 0.15) is 13.8 Å². The van der Waals surface area contributed by atoms with Crippen molar-refractivity contribution < 1.29 is 4.79 Å². The number of hydrogen-bond donors (Lipinski definition) is 2. The van der Waals surface area contributed by atoms with Crippen LogP contribution in [0.5, 0.6) is 0 Å². The molecule has 0 unspecified atom stereocenters. The summed E-state index contributed by atoms with van der Waals surface area (Å²) in [6.45, 7) is 4.96. The smallest absolute Gasteiger partial charge is 0.315 e. The maximum absolute atomic E-state index is 10.5. The summed E-state index contributed by atoms with van der Waals surface area (Å²) in [5.74, 6) is 0.531. The van der Waals surface area contributed by atoms with Gasteiger partial charge < -0.3 is 10.6 Å². The van der Waals surface area contributed by atoms with Gasteiger partial charge in [-0.1, -0.05) is 13.8 Å². The first-order valence-corrected chi connectivity index (χ1v) is 3.24. The molecule has 2 N–H and O–H groups in total. The van der Waals surface area contributed by atoms with Gasteiger partial charge in [0.1, 0.15) is 0 Å². The van der Waals surface area contributed by atoms with Gasteiger partial charge in [-0.15, -0.1) is 0 Å². The number of carbonyl (C=O) groups is 1. The lowest BCUT2D eigenvalue weighted by atomic mass is 10.1. The first-order valence-electron chi connectivity index (χ1n) is 3.24. The van der Waals surface area contributed by atoms with Crippen LogP contribution < -0.4 is 10.6 Å². The van der Waals surface area contributed by atoms with Crippen LogP contribution in [0.25, 0.3) is 0 Å². The Morgan fingerprint density at radius 3 is 2.56 bits per heavy atom. The average Bonchev–Trinajstić information content (AvgIpc) is 2.14. The third-order valence-corrected chi connectivity index (χ3v) is 1.60. The predicted molar refractivity (Wildman–Crippen MR) is 35.2 cm³/mol. The van der Waals surface area contributed by atoms with Gasteiger partial charge in [0, 0.05) is 6.54 Å². The van der Waals surface area contributed by atoms with Crippen molar-refractivity contribution in [2.24, 2.45) is 5.92 Å². The Kier molecular flexibility index (Phi) is 1.60. The van der Waals surface area contributed by atoms with Crippen molar-refractivity contribution in [1.82, 2.24) is 10.6 Å². The van der Waals surface area contributed by atoms with Crippen molar-refractivity contribution in [1.29, 1.82) is 0 Å². The molecule has 1 fully saturated rings. The molecule has 0 aliphatic carbocycles. The van der Waals surface area contributed by atoms with E-state index in [2.05, 4.69) is 24.5 Å². The van der Waals surface area contributed by atoms with Crippen LogP contribution in [0, 0.1) is 5.92 Å². The first-order chi connectivity index (χ1) is 4.20. The summed E-state index contributed by atoms with van der Waals surface area (Å²) >= 11 is 0. The number of amides is 2. The maximum atomic E-state index is 10.5. The second kappa shape index (κ2) is 2.25. The molecule has 1 saturated heterocycles. The van der Waals surface area contributed by atoms with Crippen molar-refractivity contribution in [3.05, 3.63) is 0 Å². The quantitative estimate of drug-likeness (QED) is 0.524. The monoisotopic (exact) mass is 128 g/mol. The Balaban J connectivity index is 2.39. The van der Waals surface area contributed by atoms with E-state index in [1.165, 1.54) is 0 Å². The van der Waals surface area contributed by atoms with Crippen LogP contribution in [0.15, 0.2) is 0 Å². The standard InChI is InChI=1S/C6H12N2O/c1-4(2)5-3-7-6(9)8-5/h4-5H,3H2,1-2H3,(H2,7,8,9)/t5-/m0/s1. The van der Waals surface area contributed by atoms with Gasteiger partial charge >= 0.3 is 6.03 Å². The van der Waals surface area contributed by atoms with E-state index in [0.29, 0.717) is 12.0 Å².